The molecule has 4 rings (SSSR count). The Balaban J connectivity index is 1.39. The van der Waals surface area contributed by atoms with Crippen molar-refractivity contribution >= 4 is 63.2 Å². The van der Waals surface area contributed by atoms with Crippen LogP contribution in [0.15, 0.2) is 65.2 Å². The summed E-state index contributed by atoms with van der Waals surface area (Å²) >= 11 is 14.6. The van der Waals surface area contributed by atoms with Crippen molar-refractivity contribution in [2.24, 2.45) is 4.99 Å². The van der Waals surface area contributed by atoms with Gasteiger partial charge in [0.05, 0.1) is 24.7 Å². The highest BCUT2D eigenvalue weighted by Gasteiger charge is 2.17. The molecule has 0 fully saturated rings. The fourth-order valence-corrected chi connectivity index (χ4v) is 5.64. The summed E-state index contributed by atoms with van der Waals surface area (Å²) in [6.45, 7) is 1.63. The van der Waals surface area contributed by atoms with Crippen molar-refractivity contribution in [1.82, 2.24) is 0 Å². The van der Waals surface area contributed by atoms with E-state index in [0.717, 1.165) is 22.5 Å². The standard InChI is InChI=1S/C26H20Cl2N2O4S2/c1-15(18-14-35-26(25(18)33)17-3-4-19(27)20(28)12-17)29-13-22(32)24-7-6-23(36-24)21(31)5-2-16-8-10-30(34)11-9-16/h3-4,6-12,14,33H,2,5,13H2,1H3. The second-order valence-electron chi connectivity index (χ2n) is 7.93. The predicted molar refractivity (Wildman–Crippen MR) is 145 cm³/mol. The molecule has 1 N–H and O–H groups in total. The van der Waals surface area contributed by atoms with Crippen LogP contribution in [0, 0.1) is 5.21 Å². The number of aromatic hydroxyl groups is 1. The molecule has 4 aromatic rings. The molecule has 6 nitrogen and oxygen atoms in total. The van der Waals surface area contributed by atoms with Crippen LogP contribution < -0.4 is 4.73 Å². The Morgan fingerprint density at radius 2 is 1.72 bits per heavy atom. The van der Waals surface area contributed by atoms with E-state index in [0.29, 0.717) is 47.1 Å². The van der Waals surface area contributed by atoms with Gasteiger partial charge in [-0.3, -0.25) is 14.6 Å². The van der Waals surface area contributed by atoms with Crippen molar-refractivity contribution in [3.63, 3.8) is 0 Å². The predicted octanol–water partition coefficient (Wildman–Crippen LogP) is 6.63. The van der Waals surface area contributed by atoms with E-state index in [1.165, 1.54) is 23.7 Å². The van der Waals surface area contributed by atoms with Gasteiger partial charge < -0.3 is 10.3 Å². The van der Waals surface area contributed by atoms with Gasteiger partial charge in [-0.2, -0.15) is 4.73 Å². The van der Waals surface area contributed by atoms with E-state index in [9.17, 15) is 19.9 Å². The smallest absolute Gasteiger partial charge is 0.194 e. The number of carbonyl (C=O) groups is 2. The molecule has 0 bridgehead atoms. The minimum absolute atomic E-state index is 0.0596. The fourth-order valence-electron chi connectivity index (χ4n) is 3.43. The molecule has 0 unspecified atom stereocenters. The number of hydrogen-bond donors (Lipinski definition) is 1. The molecule has 3 aromatic heterocycles. The Labute approximate surface area is 225 Å². The topological polar surface area (TPSA) is 93.7 Å². The van der Waals surface area contributed by atoms with Gasteiger partial charge >= 0.3 is 0 Å². The second kappa shape index (κ2) is 11.3. The summed E-state index contributed by atoms with van der Waals surface area (Å²) in [5.74, 6) is -0.198. The Bertz CT molecular complexity index is 1460. The number of pyridine rings is 1. The molecule has 0 aliphatic heterocycles. The van der Waals surface area contributed by atoms with E-state index in [-0.39, 0.29) is 30.3 Å². The zero-order valence-corrected chi connectivity index (χ0v) is 22.2. The maximum atomic E-state index is 12.7. The summed E-state index contributed by atoms with van der Waals surface area (Å²) in [5.41, 5.74) is 2.70. The van der Waals surface area contributed by atoms with Crippen LogP contribution in [0.5, 0.6) is 5.75 Å². The van der Waals surface area contributed by atoms with Crippen molar-refractivity contribution in [2.75, 3.05) is 6.54 Å². The van der Waals surface area contributed by atoms with Crippen LogP contribution in [-0.2, 0) is 6.42 Å². The third-order valence-corrected chi connectivity index (χ3v) is 8.39. The lowest BCUT2D eigenvalue weighted by atomic mass is 10.1. The molecule has 0 amide bonds. The molecule has 184 valence electrons. The Morgan fingerprint density at radius 1 is 1.03 bits per heavy atom. The van der Waals surface area contributed by atoms with Gasteiger partial charge in [0.15, 0.2) is 24.0 Å². The number of rotatable bonds is 9. The Morgan fingerprint density at radius 3 is 2.42 bits per heavy atom. The quantitative estimate of drug-likeness (QED) is 0.108. The van der Waals surface area contributed by atoms with E-state index in [1.54, 1.807) is 54.8 Å². The lowest BCUT2D eigenvalue weighted by Gasteiger charge is -2.03. The number of hydrogen-bond acceptors (Lipinski definition) is 7. The maximum absolute atomic E-state index is 12.7. The van der Waals surface area contributed by atoms with Gasteiger partial charge in [-0.25, -0.2) is 0 Å². The molecule has 1 aromatic carbocycles. The van der Waals surface area contributed by atoms with Crippen molar-refractivity contribution in [3.8, 4) is 16.2 Å². The molecule has 0 radical (unpaired) electrons. The van der Waals surface area contributed by atoms with E-state index in [2.05, 4.69) is 4.99 Å². The normalized spacial score (nSPS) is 11.6. The summed E-state index contributed by atoms with van der Waals surface area (Å²) < 4.78 is 0.695. The molecule has 10 heteroatoms. The van der Waals surface area contributed by atoms with Gasteiger partial charge in [0, 0.05) is 35.2 Å². The van der Waals surface area contributed by atoms with Crippen molar-refractivity contribution in [1.29, 1.82) is 0 Å². The Kier molecular flexibility index (Phi) is 8.21. The molecule has 0 atom stereocenters. The number of halogens is 2. The minimum atomic E-state index is -0.208. The van der Waals surface area contributed by atoms with E-state index < -0.39 is 0 Å². The molecule has 0 saturated carbocycles. The number of nitrogens with zero attached hydrogens (tertiary/aromatic N) is 2. The highest BCUT2D eigenvalue weighted by Crippen LogP contribution is 2.40. The zero-order valence-electron chi connectivity index (χ0n) is 19.0. The number of aromatic nitrogens is 1. The number of ketones is 2. The summed E-state index contributed by atoms with van der Waals surface area (Å²) in [4.78, 5) is 31.2. The van der Waals surface area contributed by atoms with Crippen LogP contribution in [0.4, 0.5) is 0 Å². The van der Waals surface area contributed by atoms with E-state index in [4.69, 9.17) is 23.2 Å². The van der Waals surface area contributed by atoms with Crippen LogP contribution in [-0.4, -0.2) is 28.9 Å². The summed E-state index contributed by atoms with van der Waals surface area (Å²) in [5, 5.41) is 24.4. The largest absolute Gasteiger partial charge is 0.619 e. The number of benzene rings is 1. The highest BCUT2D eigenvalue weighted by atomic mass is 35.5. The summed E-state index contributed by atoms with van der Waals surface area (Å²) in [6, 6.07) is 11.8. The van der Waals surface area contributed by atoms with Gasteiger partial charge in [0.1, 0.15) is 12.3 Å². The SMILES string of the molecule is CC(=NCC(=O)c1ccc(C(=O)CCc2cc[n+]([O-])cc2)s1)c1csc(-c2ccc(Cl)c(Cl)c2)c1O. The van der Waals surface area contributed by atoms with Gasteiger partial charge in [-0.05, 0) is 48.7 Å². The molecule has 0 spiro atoms. The molecular formula is C26H20Cl2N2O4S2. The summed E-state index contributed by atoms with van der Waals surface area (Å²) in [7, 11) is 0. The molecule has 0 saturated heterocycles. The van der Waals surface area contributed by atoms with E-state index >= 15 is 0 Å². The zero-order chi connectivity index (χ0) is 25.8. The van der Waals surface area contributed by atoms with Crippen LogP contribution in [0.3, 0.4) is 0 Å². The Hall–Kier alpha value is -3.04. The van der Waals surface area contributed by atoms with E-state index in [1.807, 2.05) is 0 Å². The minimum Gasteiger partial charge on any atom is -0.619 e. The lowest BCUT2D eigenvalue weighted by Crippen LogP contribution is -2.23. The fraction of sp³-hybridized carbons (Fsp3) is 0.154. The van der Waals surface area contributed by atoms with Gasteiger partial charge in [-0.15, -0.1) is 22.7 Å². The molecule has 0 aliphatic rings. The maximum Gasteiger partial charge on any atom is 0.194 e. The monoisotopic (exact) mass is 558 g/mol. The van der Waals surface area contributed by atoms with Crippen LogP contribution >= 0.6 is 45.9 Å². The number of aliphatic imine (C=N–C) groups is 1. The first-order valence-corrected chi connectivity index (χ1v) is 13.3. The van der Waals surface area contributed by atoms with Crippen molar-refractivity contribution in [3.05, 3.63) is 96.4 Å². The molecule has 3 heterocycles. The van der Waals surface area contributed by atoms with Crippen molar-refractivity contribution in [2.45, 2.75) is 19.8 Å². The van der Waals surface area contributed by atoms with Gasteiger partial charge in [0.2, 0.25) is 0 Å². The average Bonchev–Trinajstić information content (AvgIpc) is 3.51. The summed E-state index contributed by atoms with van der Waals surface area (Å²) in [6.07, 6.45) is 3.59. The first-order chi connectivity index (χ1) is 17.2. The average molecular weight is 559 g/mol. The third kappa shape index (κ3) is 6.02. The molecule has 36 heavy (non-hydrogen) atoms. The number of carbonyl (C=O) groups excluding carboxylic acids is 2. The first-order valence-electron chi connectivity index (χ1n) is 10.8. The van der Waals surface area contributed by atoms with Gasteiger partial charge in [-0.1, -0.05) is 29.3 Å². The van der Waals surface area contributed by atoms with Crippen LogP contribution in [0.25, 0.3) is 10.4 Å². The van der Waals surface area contributed by atoms with Crippen LogP contribution in [0.2, 0.25) is 10.0 Å². The number of aryl methyl sites for hydroxylation is 1. The first kappa shape index (κ1) is 26.0. The van der Waals surface area contributed by atoms with Gasteiger partial charge in [0.25, 0.3) is 0 Å². The van der Waals surface area contributed by atoms with Crippen molar-refractivity contribution < 1.29 is 19.4 Å². The highest BCUT2D eigenvalue weighted by molar-refractivity contribution is 7.16. The lowest BCUT2D eigenvalue weighted by molar-refractivity contribution is -0.605. The number of Topliss-reactive ketones (excluding diaryl/α,β-unsaturated/α-hetero) is 2. The van der Waals surface area contributed by atoms with Crippen LogP contribution in [0.1, 0.15) is 43.8 Å². The number of thiophene rings is 2. The second-order valence-corrected chi connectivity index (χ2v) is 10.7. The molecule has 0 aliphatic carbocycles. The molecular weight excluding hydrogens is 539 g/mol. The third-order valence-electron chi connectivity index (χ3n) is 5.46.